The van der Waals surface area contributed by atoms with Crippen LogP contribution in [0, 0.1) is 11.3 Å². The number of nitrogens with zero attached hydrogens (tertiary/aromatic N) is 1. The molecule has 0 aromatic carbocycles. The third-order valence-electron chi connectivity index (χ3n) is 2.35. The molecule has 0 aliphatic heterocycles. The Kier molecular flexibility index (Phi) is 8.39. The number of nitriles is 1. The summed E-state index contributed by atoms with van der Waals surface area (Å²) < 4.78 is 0. The summed E-state index contributed by atoms with van der Waals surface area (Å²) in [6, 6.07) is 0.885. The van der Waals surface area contributed by atoms with Crippen molar-refractivity contribution < 1.29 is 24.3 Å². The fourth-order valence-electron chi connectivity index (χ4n) is 1.30. The van der Waals surface area contributed by atoms with Crippen LogP contribution in [0.3, 0.4) is 0 Å². The summed E-state index contributed by atoms with van der Waals surface area (Å²) in [6.45, 7) is 0.796. The molecule has 10 nitrogen and oxygen atoms in total. The second-order valence-electron chi connectivity index (χ2n) is 3.88. The van der Waals surface area contributed by atoms with E-state index in [0.29, 0.717) is 0 Å². The lowest BCUT2D eigenvalue weighted by Gasteiger charge is -2.11. The van der Waals surface area contributed by atoms with E-state index in [9.17, 15) is 19.2 Å². The summed E-state index contributed by atoms with van der Waals surface area (Å²) in [6.07, 6.45) is 0.232. The van der Waals surface area contributed by atoms with Crippen LogP contribution in [-0.2, 0) is 14.4 Å². The zero-order valence-corrected chi connectivity index (χ0v) is 12.1. The molecule has 0 saturated heterocycles. The number of rotatable bonds is 7. The molecule has 0 heterocycles. The van der Waals surface area contributed by atoms with Gasteiger partial charge in [-0.25, -0.2) is 4.79 Å². The topological polar surface area (TPSA) is 160 Å². The van der Waals surface area contributed by atoms with Gasteiger partial charge in [-0.3, -0.25) is 19.7 Å². The van der Waals surface area contributed by atoms with Gasteiger partial charge in [0.05, 0.1) is 6.54 Å². The molecular formula is C12H17N5O5. The summed E-state index contributed by atoms with van der Waals surface area (Å²) in [5.74, 6) is -2.71. The minimum Gasteiger partial charge on any atom is -0.480 e. The molecule has 0 fully saturated rings. The van der Waals surface area contributed by atoms with Gasteiger partial charge in [0.15, 0.2) is 0 Å². The molecule has 10 heteroatoms. The number of amides is 4. The lowest BCUT2D eigenvalue weighted by molar-refractivity contribution is -0.137. The van der Waals surface area contributed by atoms with Gasteiger partial charge >= 0.3 is 12.0 Å². The molecule has 0 radical (unpaired) electrons. The van der Waals surface area contributed by atoms with Crippen molar-refractivity contribution in [2.24, 2.45) is 0 Å². The molecule has 4 amide bonds. The number of allylic oxidation sites excluding steroid dienone is 1. The molecule has 120 valence electrons. The molecule has 22 heavy (non-hydrogen) atoms. The molecule has 0 rings (SSSR count). The van der Waals surface area contributed by atoms with E-state index in [0.717, 1.165) is 0 Å². The minimum atomic E-state index is -1.19. The molecule has 0 saturated carbocycles. The molecular weight excluding hydrogens is 294 g/mol. The highest BCUT2D eigenvalue weighted by Crippen LogP contribution is 2.05. The third-order valence-corrected chi connectivity index (χ3v) is 2.35. The van der Waals surface area contributed by atoms with Gasteiger partial charge in [-0.05, 0) is 6.42 Å². The van der Waals surface area contributed by atoms with Gasteiger partial charge in [-0.2, -0.15) is 5.26 Å². The number of nitrogens with one attached hydrogen (secondary N) is 4. The van der Waals surface area contributed by atoms with Crippen LogP contribution in [0.2, 0.25) is 0 Å². The van der Waals surface area contributed by atoms with Crippen molar-refractivity contribution in [3.8, 4) is 6.07 Å². The van der Waals surface area contributed by atoms with Crippen molar-refractivity contribution in [3.05, 3.63) is 11.3 Å². The number of carboxylic acids is 1. The van der Waals surface area contributed by atoms with Crippen LogP contribution in [0.4, 0.5) is 4.79 Å². The zero-order valence-electron chi connectivity index (χ0n) is 12.1. The van der Waals surface area contributed by atoms with Crippen LogP contribution >= 0.6 is 0 Å². The Labute approximate surface area is 126 Å². The second-order valence-corrected chi connectivity index (χ2v) is 3.88. The van der Waals surface area contributed by atoms with E-state index in [2.05, 4.69) is 16.0 Å². The van der Waals surface area contributed by atoms with Gasteiger partial charge < -0.3 is 21.1 Å². The van der Waals surface area contributed by atoms with E-state index in [1.54, 1.807) is 13.0 Å². The summed E-state index contributed by atoms with van der Waals surface area (Å²) in [4.78, 5) is 44.4. The van der Waals surface area contributed by atoms with Crippen molar-refractivity contribution in [2.75, 3.05) is 20.1 Å². The van der Waals surface area contributed by atoms with Gasteiger partial charge in [-0.1, -0.05) is 6.92 Å². The van der Waals surface area contributed by atoms with E-state index in [1.165, 1.54) is 7.05 Å². The number of aliphatic carboxylic acids is 1. The van der Waals surface area contributed by atoms with Gasteiger partial charge in [0.1, 0.15) is 18.2 Å². The van der Waals surface area contributed by atoms with Crippen LogP contribution < -0.4 is 21.3 Å². The number of carbonyl (C=O) groups is 4. The quantitative estimate of drug-likeness (QED) is 0.280. The highest BCUT2D eigenvalue weighted by atomic mass is 16.4. The van der Waals surface area contributed by atoms with Crippen LogP contribution in [0.25, 0.3) is 0 Å². The van der Waals surface area contributed by atoms with Crippen LogP contribution in [0.5, 0.6) is 0 Å². The average molecular weight is 311 g/mol. The fraction of sp³-hybridized carbons (Fsp3) is 0.417. The predicted octanol–water partition coefficient (Wildman–Crippen LogP) is -1.58. The second kappa shape index (κ2) is 9.76. The largest absolute Gasteiger partial charge is 0.480 e. The first-order chi connectivity index (χ1) is 10.3. The van der Waals surface area contributed by atoms with Crippen molar-refractivity contribution >= 4 is 23.8 Å². The zero-order chi connectivity index (χ0) is 17.1. The van der Waals surface area contributed by atoms with Gasteiger partial charge in [0.2, 0.25) is 5.91 Å². The number of hydrogen-bond donors (Lipinski definition) is 5. The number of hydrogen-bond acceptors (Lipinski definition) is 6. The summed E-state index contributed by atoms with van der Waals surface area (Å²) >= 11 is 0. The van der Waals surface area contributed by atoms with Crippen LogP contribution in [-0.4, -0.2) is 49.1 Å². The Morgan fingerprint density at radius 3 is 2.23 bits per heavy atom. The van der Waals surface area contributed by atoms with E-state index < -0.39 is 30.4 Å². The normalized spacial score (nSPS) is 10.6. The highest BCUT2D eigenvalue weighted by Gasteiger charge is 2.17. The van der Waals surface area contributed by atoms with Gasteiger partial charge in [0.25, 0.3) is 5.91 Å². The monoisotopic (exact) mass is 311 g/mol. The van der Waals surface area contributed by atoms with Crippen molar-refractivity contribution in [1.29, 1.82) is 5.26 Å². The number of carbonyl (C=O) groups excluding carboxylic acids is 3. The first-order valence-electron chi connectivity index (χ1n) is 6.24. The van der Waals surface area contributed by atoms with E-state index in [4.69, 9.17) is 10.4 Å². The number of urea groups is 1. The lowest BCUT2D eigenvalue weighted by Crippen LogP contribution is -2.40. The van der Waals surface area contributed by atoms with E-state index in [1.807, 2.05) is 5.32 Å². The van der Waals surface area contributed by atoms with E-state index >= 15 is 0 Å². The predicted molar refractivity (Wildman–Crippen MR) is 74.2 cm³/mol. The third kappa shape index (κ3) is 6.90. The smallest absolute Gasteiger partial charge is 0.322 e. The Balaban J connectivity index is 4.83. The van der Waals surface area contributed by atoms with Crippen LogP contribution in [0.1, 0.15) is 13.3 Å². The molecule has 0 aromatic heterocycles. The number of imide groups is 1. The highest BCUT2D eigenvalue weighted by molar-refractivity contribution is 6.06. The fourth-order valence-corrected chi connectivity index (χ4v) is 1.30. The molecule has 0 bridgehead atoms. The Hall–Kier alpha value is -3.09. The average Bonchev–Trinajstić information content (AvgIpc) is 2.48. The SMILES string of the molecule is CC/C(NCC(=O)NCC(=O)O)=C(/C#N)C(=O)NC(=O)NC. The Morgan fingerprint density at radius 2 is 1.77 bits per heavy atom. The van der Waals surface area contributed by atoms with E-state index in [-0.39, 0.29) is 24.2 Å². The molecule has 0 aliphatic carbocycles. The maximum Gasteiger partial charge on any atom is 0.322 e. The molecule has 0 aromatic rings. The first kappa shape index (κ1) is 18.9. The maximum absolute atomic E-state index is 11.7. The Morgan fingerprint density at radius 1 is 1.14 bits per heavy atom. The molecule has 0 spiro atoms. The summed E-state index contributed by atoms with van der Waals surface area (Å²) in [5.41, 5.74) is -0.175. The van der Waals surface area contributed by atoms with Gasteiger partial charge in [-0.15, -0.1) is 0 Å². The van der Waals surface area contributed by atoms with Crippen molar-refractivity contribution in [2.45, 2.75) is 13.3 Å². The van der Waals surface area contributed by atoms with Crippen LogP contribution in [0.15, 0.2) is 11.3 Å². The number of carboxylic acid groups (broad SMARTS) is 1. The maximum atomic E-state index is 11.7. The summed E-state index contributed by atoms with van der Waals surface area (Å²) in [7, 11) is 1.31. The van der Waals surface area contributed by atoms with Crippen molar-refractivity contribution in [3.63, 3.8) is 0 Å². The Bertz CT molecular complexity index is 535. The first-order valence-corrected chi connectivity index (χ1v) is 6.24. The molecule has 0 unspecified atom stereocenters. The minimum absolute atomic E-state index is 0.161. The molecule has 0 atom stereocenters. The molecule has 0 aliphatic rings. The van der Waals surface area contributed by atoms with Crippen molar-refractivity contribution in [1.82, 2.24) is 21.3 Å². The lowest BCUT2D eigenvalue weighted by atomic mass is 10.1. The standard InChI is InChI=1S/C12H17N5O5/c1-3-8(15-5-9(18)16-6-10(19)20)7(4-13)11(21)17-12(22)14-2/h15H,3,5-6H2,1-2H3,(H,16,18)(H,19,20)(H2,14,17,21,22)/b8-7+. The summed E-state index contributed by atoms with van der Waals surface area (Å²) in [5, 5.41) is 26.2. The molecule has 5 N–H and O–H groups in total. The van der Waals surface area contributed by atoms with Gasteiger partial charge in [0, 0.05) is 12.7 Å².